The van der Waals surface area contributed by atoms with Gasteiger partial charge in [0, 0.05) is 13.6 Å². The summed E-state index contributed by atoms with van der Waals surface area (Å²) in [6.45, 7) is 1.95. The van der Waals surface area contributed by atoms with Crippen LogP contribution < -0.4 is 5.73 Å². The van der Waals surface area contributed by atoms with Gasteiger partial charge in [0.05, 0.1) is 23.7 Å². The van der Waals surface area contributed by atoms with Crippen molar-refractivity contribution in [1.29, 1.82) is 5.26 Å². The highest BCUT2D eigenvalue weighted by Crippen LogP contribution is 2.13. The van der Waals surface area contributed by atoms with E-state index in [1.165, 1.54) is 11.9 Å². The zero-order chi connectivity index (χ0) is 13.0. The van der Waals surface area contributed by atoms with Crippen molar-refractivity contribution in [3.8, 4) is 6.07 Å². The molecule has 1 amide bonds. The van der Waals surface area contributed by atoms with Gasteiger partial charge < -0.3 is 10.6 Å². The van der Waals surface area contributed by atoms with Gasteiger partial charge in [0.1, 0.15) is 11.6 Å². The Balaban J connectivity index is 2.89. The Hall–Kier alpha value is -2.16. The van der Waals surface area contributed by atoms with Crippen molar-refractivity contribution in [3.05, 3.63) is 23.6 Å². The zero-order valence-electron chi connectivity index (χ0n) is 9.64. The number of anilines is 1. The first-order valence-electron chi connectivity index (χ1n) is 5.01. The Morgan fingerprint density at radius 1 is 1.76 bits per heavy atom. The van der Waals surface area contributed by atoms with E-state index in [9.17, 15) is 9.18 Å². The SMILES string of the molecule is CC(C#N)CN(C)C(=O)c1cc(F)cnc1N. The molecule has 2 N–H and O–H groups in total. The van der Waals surface area contributed by atoms with Crippen LogP contribution in [0.25, 0.3) is 0 Å². The Labute approximate surface area is 98.7 Å². The highest BCUT2D eigenvalue weighted by atomic mass is 19.1. The normalized spacial score (nSPS) is 11.6. The van der Waals surface area contributed by atoms with Crippen molar-refractivity contribution >= 4 is 11.7 Å². The Kier molecular flexibility index (Phi) is 3.99. The first kappa shape index (κ1) is 12.9. The number of rotatable bonds is 3. The third kappa shape index (κ3) is 3.14. The lowest BCUT2D eigenvalue weighted by Gasteiger charge is -2.18. The van der Waals surface area contributed by atoms with E-state index in [-0.39, 0.29) is 23.8 Å². The fraction of sp³-hybridized carbons (Fsp3) is 0.364. The van der Waals surface area contributed by atoms with Gasteiger partial charge in [-0.15, -0.1) is 0 Å². The van der Waals surface area contributed by atoms with Gasteiger partial charge in [-0.05, 0) is 13.0 Å². The van der Waals surface area contributed by atoms with Gasteiger partial charge in [0.25, 0.3) is 5.91 Å². The molecule has 0 aromatic carbocycles. The van der Waals surface area contributed by atoms with Crippen LogP contribution in [0.5, 0.6) is 0 Å². The van der Waals surface area contributed by atoms with Gasteiger partial charge in [-0.3, -0.25) is 4.79 Å². The Morgan fingerprint density at radius 2 is 2.41 bits per heavy atom. The van der Waals surface area contributed by atoms with Crippen molar-refractivity contribution in [3.63, 3.8) is 0 Å². The van der Waals surface area contributed by atoms with Crippen LogP contribution >= 0.6 is 0 Å². The predicted octanol–water partition coefficient (Wildman–Crippen LogP) is 1.03. The van der Waals surface area contributed by atoms with E-state index >= 15 is 0 Å². The monoisotopic (exact) mass is 236 g/mol. The molecule has 1 aromatic rings. The van der Waals surface area contributed by atoms with E-state index < -0.39 is 11.7 Å². The average Bonchev–Trinajstić information content (AvgIpc) is 2.31. The molecule has 0 saturated carbocycles. The number of halogens is 1. The van der Waals surface area contributed by atoms with Gasteiger partial charge in [-0.25, -0.2) is 9.37 Å². The molecule has 0 bridgehead atoms. The van der Waals surface area contributed by atoms with Crippen LogP contribution in [0.1, 0.15) is 17.3 Å². The number of hydrogen-bond donors (Lipinski definition) is 1. The highest BCUT2D eigenvalue weighted by Gasteiger charge is 2.18. The molecule has 0 aliphatic rings. The zero-order valence-corrected chi connectivity index (χ0v) is 9.64. The van der Waals surface area contributed by atoms with Crippen LogP contribution in [0.15, 0.2) is 12.3 Å². The van der Waals surface area contributed by atoms with Gasteiger partial charge in [-0.1, -0.05) is 0 Å². The molecular weight excluding hydrogens is 223 g/mol. The topological polar surface area (TPSA) is 83.0 Å². The second kappa shape index (κ2) is 5.25. The highest BCUT2D eigenvalue weighted by molar-refractivity contribution is 5.98. The number of carbonyl (C=O) groups excluding carboxylic acids is 1. The lowest BCUT2D eigenvalue weighted by atomic mass is 10.1. The van der Waals surface area contributed by atoms with Gasteiger partial charge in [-0.2, -0.15) is 5.26 Å². The van der Waals surface area contributed by atoms with Crippen LogP contribution in [0.4, 0.5) is 10.2 Å². The van der Waals surface area contributed by atoms with Crippen LogP contribution in [-0.4, -0.2) is 29.4 Å². The summed E-state index contributed by atoms with van der Waals surface area (Å²) >= 11 is 0. The summed E-state index contributed by atoms with van der Waals surface area (Å²) in [5.74, 6) is -1.39. The number of carbonyl (C=O) groups is 1. The fourth-order valence-electron chi connectivity index (χ4n) is 1.36. The maximum Gasteiger partial charge on any atom is 0.257 e. The Bertz CT molecular complexity index is 469. The quantitative estimate of drug-likeness (QED) is 0.849. The van der Waals surface area contributed by atoms with Crippen LogP contribution in [0.2, 0.25) is 0 Å². The molecule has 90 valence electrons. The number of nitrogens with two attached hydrogens (primary N) is 1. The van der Waals surface area contributed by atoms with Crippen molar-refractivity contribution < 1.29 is 9.18 Å². The molecule has 1 atom stereocenters. The first-order valence-corrected chi connectivity index (χ1v) is 5.01. The van der Waals surface area contributed by atoms with E-state index in [2.05, 4.69) is 4.98 Å². The number of aromatic nitrogens is 1. The minimum atomic E-state index is -0.621. The summed E-state index contributed by atoms with van der Waals surface area (Å²) in [7, 11) is 1.53. The summed E-state index contributed by atoms with van der Waals surface area (Å²) in [5.41, 5.74) is 5.51. The number of nitrogens with zero attached hydrogens (tertiary/aromatic N) is 3. The molecule has 1 rings (SSSR count). The number of nitriles is 1. The number of amides is 1. The third-order valence-electron chi connectivity index (χ3n) is 2.23. The van der Waals surface area contributed by atoms with E-state index in [0.717, 1.165) is 12.3 Å². The smallest absolute Gasteiger partial charge is 0.257 e. The maximum atomic E-state index is 13.0. The predicted molar refractivity (Wildman–Crippen MR) is 60.3 cm³/mol. The van der Waals surface area contributed by atoms with Crippen molar-refractivity contribution in [2.45, 2.75) is 6.92 Å². The number of nitrogen functional groups attached to an aromatic ring is 1. The largest absolute Gasteiger partial charge is 0.383 e. The molecule has 5 nitrogen and oxygen atoms in total. The van der Waals surface area contributed by atoms with E-state index in [1.807, 2.05) is 6.07 Å². The summed E-state index contributed by atoms with van der Waals surface area (Å²) in [6.07, 6.45) is 0.948. The van der Waals surface area contributed by atoms with Gasteiger partial charge in [0.2, 0.25) is 0 Å². The van der Waals surface area contributed by atoms with Gasteiger partial charge in [0.15, 0.2) is 0 Å². The molecular formula is C11H13FN4O. The molecule has 0 fully saturated rings. The standard InChI is InChI=1S/C11H13FN4O/c1-7(4-13)6-16(2)11(17)9-3-8(12)5-15-10(9)14/h3,5,7H,6H2,1-2H3,(H2,14,15). The molecule has 0 spiro atoms. The molecule has 0 aliphatic carbocycles. The fourth-order valence-corrected chi connectivity index (χ4v) is 1.36. The second-order valence-corrected chi connectivity index (χ2v) is 3.80. The summed E-state index contributed by atoms with van der Waals surface area (Å²) in [5, 5.41) is 8.65. The minimum Gasteiger partial charge on any atom is -0.383 e. The first-order chi connectivity index (χ1) is 7.95. The molecule has 0 saturated heterocycles. The lowest BCUT2D eigenvalue weighted by molar-refractivity contribution is 0.0785. The third-order valence-corrected chi connectivity index (χ3v) is 2.23. The molecule has 6 heteroatoms. The average molecular weight is 236 g/mol. The van der Waals surface area contributed by atoms with Crippen molar-refractivity contribution in [2.75, 3.05) is 19.3 Å². The number of hydrogen-bond acceptors (Lipinski definition) is 4. The molecule has 1 heterocycles. The minimum absolute atomic E-state index is 0.0117. The summed E-state index contributed by atoms with van der Waals surface area (Å²) < 4.78 is 13.0. The van der Waals surface area contributed by atoms with Crippen LogP contribution in [-0.2, 0) is 0 Å². The van der Waals surface area contributed by atoms with Crippen LogP contribution in [0.3, 0.4) is 0 Å². The summed E-state index contributed by atoms with van der Waals surface area (Å²) in [4.78, 5) is 16.8. The molecule has 17 heavy (non-hydrogen) atoms. The van der Waals surface area contributed by atoms with Crippen molar-refractivity contribution in [1.82, 2.24) is 9.88 Å². The molecule has 0 aliphatic heterocycles. The van der Waals surface area contributed by atoms with E-state index in [0.29, 0.717) is 0 Å². The summed E-state index contributed by atoms with van der Waals surface area (Å²) in [6, 6.07) is 3.05. The van der Waals surface area contributed by atoms with E-state index in [1.54, 1.807) is 6.92 Å². The second-order valence-electron chi connectivity index (χ2n) is 3.80. The molecule has 1 unspecified atom stereocenters. The Morgan fingerprint density at radius 3 is 3.00 bits per heavy atom. The molecule has 0 radical (unpaired) electrons. The number of pyridine rings is 1. The maximum absolute atomic E-state index is 13.0. The van der Waals surface area contributed by atoms with Crippen LogP contribution in [0, 0.1) is 23.1 Å². The van der Waals surface area contributed by atoms with Crippen molar-refractivity contribution in [2.24, 2.45) is 5.92 Å². The lowest BCUT2D eigenvalue weighted by Crippen LogP contribution is -2.31. The molecule has 1 aromatic heterocycles. The van der Waals surface area contributed by atoms with E-state index in [4.69, 9.17) is 11.0 Å². The van der Waals surface area contributed by atoms with Gasteiger partial charge >= 0.3 is 0 Å².